The molecule has 0 aromatic heterocycles. The SMILES string of the molecule is COc1ccc2c(c1)-c1cc(OC)ccc1C2(C)c1ccccc1. The van der Waals surface area contributed by atoms with Gasteiger partial charge in [-0.05, 0) is 59.0 Å². The average molecular weight is 316 g/mol. The number of benzene rings is 3. The summed E-state index contributed by atoms with van der Waals surface area (Å²) in [7, 11) is 3.42. The molecule has 3 aromatic rings. The molecule has 2 nitrogen and oxygen atoms in total. The molecule has 0 unspecified atom stereocenters. The van der Waals surface area contributed by atoms with Crippen molar-refractivity contribution in [3.8, 4) is 22.6 Å². The van der Waals surface area contributed by atoms with Crippen LogP contribution >= 0.6 is 0 Å². The quantitative estimate of drug-likeness (QED) is 0.674. The zero-order chi connectivity index (χ0) is 16.7. The number of rotatable bonds is 3. The summed E-state index contributed by atoms with van der Waals surface area (Å²) in [6.07, 6.45) is 0. The summed E-state index contributed by atoms with van der Waals surface area (Å²) in [4.78, 5) is 0. The van der Waals surface area contributed by atoms with Crippen LogP contribution < -0.4 is 9.47 Å². The van der Waals surface area contributed by atoms with E-state index in [1.807, 2.05) is 12.1 Å². The number of fused-ring (bicyclic) bond motifs is 3. The topological polar surface area (TPSA) is 18.5 Å². The van der Waals surface area contributed by atoms with E-state index < -0.39 is 0 Å². The molecular weight excluding hydrogens is 296 g/mol. The van der Waals surface area contributed by atoms with Crippen molar-refractivity contribution >= 4 is 0 Å². The van der Waals surface area contributed by atoms with Gasteiger partial charge in [-0.3, -0.25) is 0 Å². The van der Waals surface area contributed by atoms with Gasteiger partial charge in [-0.15, -0.1) is 0 Å². The van der Waals surface area contributed by atoms with Gasteiger partial charge in [-0.2, -0.15) is 0 Å². The second-order valence-corrected chi connectivity index (χ2v) is 6.31. The highest BCUT2D eigenvalue weighted by Crippen LogP contribution is 2.53. The van der Waals surface area contributed by atoms with Gasteiger partial charge in [-0.25, -0.2) is 0 Å². The molecule has 2 heteroatoms. The van der Waals surface area contributed by atoms with Crippen LogP contribution in [0.15, 0.2) is 66.7 Å². The third-order valence-corrected chi connectivity index (χ3v) is 5.17. The minimum atomic E-state index is -0.176. The van der Waals surface area contributed by atoms with E-state index in [2.05, 4.69) is 61.5 Å². The van der Waals surface area contributed by atoms with E-state index in [-0.39, 0.29) is 5.41 Å². The monoisotopic (exact) mass is 316 g/mol. The molecule has 4 rings (SSSR count). The second-order valence-electron chi connectivity index (χ2n) is 6.31. The van der Waals surface area contributed by atoms with E-state index in [1.165, 1.54) is 27.8 Å². The second kappa shape index (κ2) is 5.41. The Morgan fingerprint density at radius 2 is 1.17 bits per heavy atom. The Morgan fingerprint density at radius 1 is 0.667 bits per heavy atom. The summed E-state index contributed by atoms with van der Waals surface area (Å²) in [5, 5.41) is 0. The van der Waals surface area contributed by atoms with Gasteiger partial charge in [0, 0.05) is 5.41 Å². The molecule has 1 aliphatic carbocycles. The first-order chi connectivity index (χ1) is 11.7. The first-order valence-electron chi connectivity index (χ1n) is 8.11. The maximum atomic E-state index is 5.45. The summed E-state index contributed by atoms with van der Waals surface area (Å²) < 4.78 is 10.9. The molecule has 24 heavy (non-hydrogen) atoms. The van der Waals surface area contributed by atoms with Gasteiger partial charge < -0.3 is 9.47 Å². The fraction of sp³-hybridized carbons (Fsp3) is 0.182. The van der Waals surface area contributed by atoms with Crippen LogP contribution in [-0.4, -0.2) is 14.2 Å². The van der Waals surface area contributed by atoms with Gasteiger partial charge in [0.25, 0.3) is 0 Å². The lowest BCUT2D eigenvalue weighted by molar-refractivity contribution is 0.414. The number of hydrogen-bond donors (Lipinski definition) is 0. The zero-order valence-corrected chi connectivity index (χ0v) is 14.2. The van der Waals surface area contributed by atoms with Gasteiger partial charge >= 0.3 is 0 Å². The van der Waals surface area contributed by atoms with Gasteiger partial charge in [0.1, 0.15) is 11.5 Å². The molecule has 0 saturated heterocycles. The lowest BCUT2D eigenvalue weighted by Crippen LogP contribution is -2.22. The van der Waals surface area contributed by atoms with Crippen LogP contribution in [0, 0.1) is 0 Å². The Morgan fingerprint density at radius 3 is 1.62 bits per heavy atom. The Balaban J connectivity index is 2.05. The van der Waals surface area contributed by atoms with Crippen molar-refractivity contribution in [3.05, 3.63) is 83.4 Å². The van der Waals surface area contributed by atoms with Crippen LogP contribution in [0.4, 0.5) is 0 Å². The fourth-order valence-corrected chi connectivity index (χ4v) is 3.85. The van der Waals surface area contributed by atoms with E-state index in [0.717, 1.165) is 11.5 Å². The molecular formula is C22H20O2. The Bertz CT molecular complexity index is 844. The summed E-state index contributed by atoms with van der Waals surface area (Å²) >= 11 is 0. The molecule has 0 heterocycles. The molecule has 0 aliphatic heterocycles. The molecule has 3 aromatic carbocycles. The molecule has 0 bridgehead atoms. The first-order valence-corrected chi connectivity index (χ1v) is 8.11. The maximum Gasteiger partial charge on any atom is 0.119 e. The van der Waals surface area contributed by atoms with E-state index in [1.54, 1.807) is 14.2 Å². The van der Waals surface area contributed by atoms with Crippen LogP contribution in [0.1, 0.15) is 23.6 Å². The van der Waals surface area contributed by atoms with Gasteiger partial charge in [0.15, 0.2) is 0 Å². The van der Waals surface area contributed by atoms with Crippen molar-refractivity contribution in [2.75, 3.05) is 14.2 Å². The highest BCUT2D eigenvalue weighted by atomic mass is 16.5. The number of hydrogen-bond acceptors (Lipinski definition) is 2. The summed E-state index contributed by atoms with van der Waals surface area (Å²) in [6, 6.07) is 23.4. The molecule has 0 spiro atoms. The zero-order valence-electron chi connectivity index (χ0n) is 14.2. The lowest BCUT2D eigenvalue weighted by atomic mass is 9.74. The number of ether oxygens (including phenoxy) is 2. The standard InChI is InChI=1S/C22H20O2/c1-22(15-7-5-4-6-8-15)20-11-9-16(23-2)13-18(20)19-14-17(24-3)10-12-21(19)22/h4-14H,1-3H3. The van der Waals surface area contributed by atoms with E-state index >= 15 is 0 Å². The van der Waals surface area contributed by atoms with Gasteiger partial charge in [0.2, 0.25) is 0 Å². The highest BCUT2D eigenvalue weighted by molar-refractivity contribution is 5.84. The van der Waals surface area contributed by atoms with E-state index in [4.69, 9.17) is 9.47 Å². The fourth-order valence-electron chi connectivity index (χ4n) is 3.85. The summed E-state index contributed by atoms with van der Waals surface area (Å²) in [5.74, 6) is 1.75. The summed E-state index contributed by atoms with van der Waals surface area (Å²) in [6.45, 7) is 2.30. The highest BCUT2D eigenvalue weighted by Gasteiger charge is 2.41. The van der Waals surface area contributed by atoms with E-state index in [0.29, 0.717) is 0 Å². The van der Waals surface area contributed by atoms with Gasteiger partial charge in [0.05, 0.1) is 14.2 Å². The predicted molar refractivity (Wildman–Crippen MR) is 97.0 cm³/mol. The third kappa shape index (κ3) is 1.96. The van der Waals surface area contributed by atoms with Crippen molar-refractivity contribution in [1.82, 2.24) is 0 Å². The minimum Gasteiger partial charge on any atom is -0.497 e. The molecule has 0 radical (unpaired) electrons. The Kier molecular flexibility index (Phi) is 3.34. The molecule has 0 amide bonds. The summed E-state index contributed by atoms with van der Waals surface area (Å²) in [5.41, 5.74) is 6.16. The molecule has 0 N–H and O–H groups in total. The molecule has 0 fully saturated rings. The maximum absolute atomic E-state index is 5.45. The lowest BCUT2D eigenvalue weighted by Gasteiger charge is -2.28. The molecule has 1 aliphatic rings. The van der Waals surface area contributed by atoms with Crippen molar-refractivity contribution in [3.63, 3.8) is 0 Å². The van der Waals surface area contributed by atoms with Crippen LogP contribution in [0.2, 0.25) is 0 Å². The van der Waals surface area contributed by atoms with Crippen LogP contribution in [0.25, 0.3) is 11.1 Å². The Labute approximate surface area is 142 Å². The Hall–Kier alpha value is -2.74. The number of methoxy groups -OCH3 is 2. The van der Waals surface area contributed by atoms with E-state index in [9.17, 15) is 0 Å². The normalized spacial score (nSPS) is 14.0. The molecule has 120 valence electrons. The van der Waals surface area contributed by atoms with Crippen molar-refractivity contribution in [2.45, 2.75) is 12.3 Å². The third-order valence-electron chi connectivity index (χ3n) is 5.17. The molecule has 0 saturated carbocycles. The predicted octanol–water partition coefficient (Wildman–Crippen LogP) is 5.04. The van der Waals surface area contributed by atoms with Crippen molar-refractivity contribution in [2.24, 2.45) is 0 Å². The molecule has 0 atom stereocenters. The van der Waals surface area contributed by atoms with Crippen molar-refractivity contribution < 1.29 is 9.47 Å². The first kappa shape index (κ1) is 14.8. The minimum absolute atomic E-state index is 0.176. The largest absolute Gasteiger partial charge is 0.497 e. The smallest absolute Gasteiger partial charge is 0.119 e. The van der Waals surface area contributed by atoms with Crippen LogP contribution in [-0.2, 0) is 5.41 Å². The van der Waals surface area contributed by atoms with Crippen LogP contribution in [0.5, 0.6) is 11.5 Å². The van der Waals surface area contributed by atoms with Crippen molar-refractivity contribution in [1.29, 1.82) is 0 Å². The van der Waals surface area contributed by atoms with Gasteiger partial charge in [-0.1, -0.05) is 42.5 Å². The average Bonchev–Trinajstić information content (AvgIpc) is 2.91. The van der Waals surface area contributed by atoms with Crippen LogP contribution in [0.3, 0.4) is 0 Å².